The van der Waals surface area contributed by atoms with Gasteiger partial charge in [0.1, 0.15) is 5.75 Å². The molecule has 0 aromatic heterocycles. The second kappa shape index (κ2) is 5.01. The number of fused-ring (bicyclic) bond motifs is 1. The Morgan fingerprint density at radius 3 is 3.11 bits per heavy atom. The highest BCUT2D eigenvalue weighted by Gasteiger charge is 2.46. The molecule has 3 rings (SSSR count). The van der Waals surface area contributed by atoms with Crippen LogP contribution in [0.2, 0.25) is 0 Å². The first-order valence-corrected chi connectivity index (χ1v) is 7.37. The number of hydrogen-bond donors (Lipinski definition) is 1. The van der Waals surface area contributed by atoms with E-state index in [1.54, 1.807) is 6.07 Å². The molecule has 1 saturated carbocycles. The minimum Gasteiger partial charge on any atom is -0.508 e. The van der Waals surface area contributed by atoms with E-state index in [-0.39, 0.29) is 0 Å². The van der Waals surface area contributed by atoms with E-state index < -0.39 is 0 Å². The molecule has 1 aliphatic heterocycles. The summed E-state index contributed by atoms with van der Waals surface area (Å²) >= 11 is 0. The molecule has 1 aromatic rings. The molecule has 0 radical (unpaired) electrons. The highest BCUT2D eigenvalue weighted by molar-refractivity contribution is 5.35. The van der Waals surface area contributed by atoms with Crippen molar-refractivity contribution in [3.63, 3.8) is 0 Å². The first-order valence-electron chi connectivity index (χ1n) is 7.37. The van der Waals surface area contributed by atoms with Gasteiger partial charge in [-0.1, -0.05) is 24.6 Å². The molecule has 2 fully saturated rings. The SMILES string of the molecule is C=CCN1CCC2(c3cccc(O)c3)CCCC2C1. The number of aromatic hydroxyl groups is 1. The van der Waals surface area contributed by atoms with Crippen molar-refractivity contribution < 1.29 is 5.11 Å². The normalized spacial score (nSPS) is 31.1. The van der Waals surface area contributed by atoms with Crippen molar-refractivity contribution in [3.05, 3.63) is 42.5 Å². The molecule has 2 heteroatoms. The van der Waals surface area contributed by atoms with Gasteiger partial charge in [0.25, 0.3) is 0 Å². The lowest BCUT2D eigenvalue weighted by Gasteiger charge is -2.44. The smallest absolute Gasteiger partial charge is 0.115 e. The lowest BCUT2D eigenvalue weighted by molar-refractivity contribution is 0.121. The van der Waals surface area contributed by atoms with Crippen LogP contribution in [0, 0.1) is 5.92 Å². The van der Waals surface area contributed by atoms with Crippen LogP contribution >= 0.6 is 0 Å². The summed E-state index contributed by atoms with van der Waals surface area (Å²) in [5, 5.41) is 9.77. The molecule has 0 amide bonds. The monoisotopic (exact) mass is 257 g/mol. The predicted octanol–water partition coefficient (Wildman–Crippen LogP) is 3.32. The molecule has 19 heavy (non-hydrogen) atoms. The summed E-state index contributed by atoms with van der Waals surface area (Å²) < 4.78 is 0. The number of nitrogens with zero attached hydrogens (tertiary/aromatic N) is 1. The van der Waals surface area contributed by atoms with Crippen LogP contribution in [0.5, 0.6) is 5.75 Å². The largest absolute Gasteiger partial charge is 0.508 e. The Bertz CT molecular complexity index is 470. The van der Waals surface area contributed by atoms with E-state index in [2.05, 4.69) is 17.5 Å². The molecular weight excluding hydrogens is 234 g/mol. The van der Waals surface area contributed by atoms with Crippen LogP contribution in [0.25, 0.3) is 0 Å². The van der Waals surface area contributed by atoms with Crippen molar-refractivity contribution >= 4 is 0 Å². The standard InChI is InChI=1S/C17H23NO/c1-2-10-18-11-9-17(8-4-6-15(17)13-18)14-5-3-7-16(19)12-14/h2-3,5,7,12,15,19H,1,4,6,8-11,13H2. The molecule has 1 aliphatic carbocycles. The van der Waals surface area contributed by atoms with Gasteiger partial charge in [0.2, 0.25) is 0 Å². The molecule has 2 aliphatic rings. The van der Waals surface area contributed by atoms with Gasteiger partial charge in [0.15, 0.2) is 0 Å². The van der Waals surface area contributed by atoms with Gasteiger partial charge >= 0.3 is 0 Å². The van der Waals surface area contributed by atoms with Gasteiger partial charge in [-0.3, -0.25) is 4.90 Å². The summed E-state index contributed by atoms with van der Waals surface area (Å²) in [5.74, 6) is 1.15. The molecule has 0 bridgehead atoms. The molecule has 102 valence electrons. The van der Waals surface area contributed by atoms with Crippen molar-refractivity contribution in [2.75, 3.05) is 19.6 Å². The van der Waals surface area contributed by atoms with E-state index >= 15 is 0 Å². The molecule has 1 N–H and O–H groups in total. The molecule has 2 nitrogen and oxygen atoms in total. The van der Waals surface area contributed by atoms with Crippen LogP contribution in [0.4, 0.5) is 0 Å². The van der Waals surface area contributed by atoms with E-state index in [1.165, 1.54) is 37.8 Å². The first-order chi connectivity index (χ1) is 9.24. The molecule has 1 saturated heterocycles. The van der Waals surface area contributed by atoms with Crippen LogP contribution in [-0.4, -0.2) is 29.6 Å². The van der Waals surface area contributed by atoms with E-state index in [0.717, 1.165) is 19.0 Å². The number of phenolic OH excluding ortho intramolecular Hbond substituents is 1. The molecule has 2 unspecified atom stereocenters. The third-order valence-corrected chi connectivity index (χ3v) is 5.12. The average molecular weight is 257 g/mol. The maximum Gasteiger partial charge on any atom is 0.115 e. The fourth-order valence-corrected chi connectivity index (χ4v) is 4.19. The second-order valence-corrected chi connectivity index (χ2v) is 6.09. The van der Waals surface area contributed by atoms with Gasteiger partial charge in [-0.25, -0.2) is 0 Å². The predicted molar refractivity (Wildman–Crippen MR) is 78.4 cm³/mol. The zero-order valence-corrected chi connectivity index (χ0v) is 11.5. The number of hydrogen-bond acceptors (Lipinski definition) is 2. The number of benzene rings is 1. The Hall–Kier alpha value is -1.28. The molecule has 2 atom stereocenters. The fraction of sp³-hybridized carbons (Fsp3) is 0.529. The van der Waals surface area contributed by atoms with Crippen LogP contribution in [-0.2, 0) is 5.41 Å². The zero-order chi connectivity index (χ0) is 13.3. The average Bonchev–Trinajstić information content (AvgIpc) is 2.83. The van der Waals surface area contributed by atoms with Crippen molar-refractivity contribution in [2.45, 2.75) is 31.1 Å². The van der Waals surface area contributed by atoms with Crippen molar-refractivity contribution in [3.8, 4) is 5.75 Å². The summed E-state index contributed by atoms with van der Waals surface area (Å²) in [7, 11) is 0. The minimum atomic E-state index is 0.316. The molecule has 1 aromatic carbocycles. The number of phenols is 1. The Balaban J connectivity index is 1.88. The van der Waals surface area contributed by atoms with Crippen LogP contribution in [0.15, 0.2) is 36.9 Å². The molecular formula is C17H23NO. The van der Waals surface area contributed by atoms with E-state index in [4.69, 9.17) is 0 Å². The summed E-state index contributed by atoms with van der Waals surface area (Å²) in [6.07, 6.45) is 7.15. The lowest BCUT2D eigenvalue weighted by atomic mass is 9.67. The quantitative estimate of drug-likeness (QED) is 0.840. The van der Waals surface area contributed by atoms with E-state index in [9.17, 15) is 5.11 Å². The van der Waals surface area contributed by atoms with Gasteiger partial charge < -0.3 is 5.11 Å². The topological polar surface area (TPSA) is 23.5 Å². The van der Waals surface area contributed by atoms with Crippen molar-refractivity contribution in [1.29, 1.82) is 0 Å². The van der Waals surface area contributed by atoms with Crippen molar-refractivity contribution in [2.24, 2.45) is 5.92 Å². The van der Waals surface area contributed by atoms with Crippen LogP contribution in [0.1, 0.15) is 31.2 Å². The van der Waals surface area contributed by atoms with E-state index in [0.29, 0.717) is 11.2 Å². The first kappa shape index (κ1) is 12.7. The molecule has 1 heterocycles. The van der Waals surface area contributed by atoms with Gasteiger partial charge in [0, 0.05) is 18.5 Å². The number of piperidine rings is 1. The number of rotatable bonds is 3. The van der Waals surface area contributed by atoms with Crippen LogP contribution in [0.3, 0.4) is 0 Å². The van der Waals surface area contributed by atoms with Gasteiger partial charge in [-0.05, 0) is 49.4 Å². The summed E-state index contributed by atoms with van der Waals surface area (Å²) in [6, 6.07) is 7.96. The Labute approximate surface area is 115 Å². The lowest BCUT2D eigenvalue weighted by Crippen LogP contribution is -2.47. The second-order valence-electron chi connectivity index (χ2n) is 6.09. The van der Waals surface area contributed by atoms with Gasteiger partial charge in [0.05, 0.1) is 0 Å². The Kier molecular flexibility index (Phi) is 3.36. The highest BCUT2D eigenvalue weighted by atomic mass is 16.3. The number of likely N-dealkylation sites (tertiary alicyclic amines) is 1. The van der Waals surface area contributed by atoms with Gasteiger partial charge in [-0.15, -0.1) is 6.58 Å². The summed E-state index contributed by atoms with van der Waals surface area (Å²) in [4.78, 5) is 2.52. The molecule has 0 spiro atoms. The summed E-state index contributed by atoms with van der Waals surface area (Å²) in [5.41, 5.74) is 1.67. The minimum absolute atomic E-state index is 0.316. The zero-order valence-electron chi connectivity index (χ0n) is 11.5. The maximum atomic E-state index is 9.77. The van der Waals surface area contributed by atoms with E-state index in [1.807, 2.05) is 18.2 Å². The Morgan fingerprint density at radius 1 is 1.42 bits per heavy atom. The third kappa shape index (κ3) is 2.18. The van der Waals surface area contributed by atoms with Gasteiger partial charge in [-0.2, -0.15) is 0 Å². The van der Waals surface area contributed by atoms with Crippen molar-refractivity contribution in [1.82, 2.24) is 4.90 Å². The maximum absolute atomic E-state index is 9.77. The summed E-state index contributed by atoms with van der Waals surface area (Å²) in [6.45, 7) is 7.19. The fourth-order valence-electron chi connectivity index (χ4n) is 4.19. The Morgan fingerprint density at radius 2 is 2.32 bits per heavy atom. The highest BCUT2D eigenvalue weighted by Crippen LogP contribution is 2.51. The third-order valence-electron chi connectivity index (χ3n) is 5.12. The van der Waals surface area contributed by atoms with Crippen LogP contribution < -0.4 is 0 Å².